The number of rotatable bonds is 8. The minimum absolute atomic E-state index is 0.803. The van der Waals surface area contributed by atoms with Crippen LogP contribution in [0, 0.1) is 18.8 Å². The van der Waals surface area contributed by atoms with E-state index in [1.54, 1.807) is 7.11 Å². The fourth-order valence-electron chi connectivity index (χ4n) is 3.24. The molecule has 0 aromatic carbocycles. The van der Waals surface area contributed by atoms with Crippen molar-refractivity contribution in [2.45, 2.75) is 58.9 Å². The first-order valence-corrected chi connectivity index (χ1v) is 8.45. The lowest BCUT2D eigenvalue weighted by Crippen LogP contribution is -2.17. The standard InChI is InChI=1S/C17H31N3O/c1-14-5-7-16(8-6-14)9-10-18-17-19-15(2)13-20(17)11-4-12-21-3/h13-14,16H,4-12H2,1-3H3,(H,18,19). The number of aryl methyl sites for hydroxylation is 2. The number of methoxy groups -OCH3 is 1. The Balaban J connectivity index is 1.74. The number of hydrogen-bond acceptors (Lipinski definition) is 3. The van der Waals surface area contributed by atoms with Crippen LogP contribution in [-0.4, -0.2) is 29.8 Å². The molecule has 0 amide bonds. The van der Waals surface area contributed by atoms with Gasteiger partial charge in [0.25, 0.3) is 0 Å². The molecule has 0 saturated heterocycles. The monoisotopic (exact) mass is 293 g/mol. The highest BCUT2D eigenvalue weighted by Crippen LogP contribution is 2.30. The third kappa shape index (κ3) is 5.34. The summed E-state index contributed by atoms with van der Waals surface area (Å²) < 4.78 is 7.34. The summed E-state index contributed by atoms with van der Waals surface area (Å²) in [6.45, 7) is 7.25. The Hall–Kier alpha value is -1.03. The lowest BCUT2D eigenvalue weighted by atomic mass is 9.81. The van der Waals surface area contributed by atoms with Crippen molar-refractivity contribution in [3.05, 3.63) is 11.9 Å². The number of anilines is 1. The molecule has 0 spiro atoms. The van der Waals surface area contributed by atoms with Crippen LogP contribution in [0.5, 0.6) is 0 Å². The molecule has 1 aromatic rings. The number of nitrogens with one attached hydrogen (secondary N) is 1. The van der Waals surface area contributed by atoms with E-state index in [1.807, 2.05) is 0 Å². The van der Waals surface area contributed by atoms with Gasteiger partial charge < -0.3 is 14.6 Å². The van der Waals surface area contributed by atoms with E-state index in [-0.39, 0.29) is 0 Å². The maximum Gasteiger partial charge on any atom is 0.203 e. The molecule has 1 fully saturated rings. The second-order valence-corrected chi connectivity index (χ2v) is 6.59. The third-order valence-corrected chi connectivity index (χ3v) is 4.62. The topological polar surface area (TPSA) is 39.1 Å². The van der Waals surface area contributed by atoms with E-state index in [4.69, 9.17) is 4.74 Å². The summed E-state index contributed by atoms with van der Waals surface area (Å²) in [6, 6.07) is 0. The quantitative estimate of drug-likeness (QED) is 0.740. The Morgan fingerprint density at radius 3 is 2.81 bits per heavy atom. The molecule has 1 aromatic heterocycles. The molecule has 0 bridgehead atoms. The van der Waals surface area contributed by atoms with Gasteiger partial charge in [-0.3, -0.25) is 0 Å². The average Bonchev–Trinajstić information content (AvgIpc) is 2.82. The molecule has 1 saturated carbocycles. The van der Waals surface area contributed by atoms with Crippen molar-refractivity contribution in [3.63, 3.8) is 0 Å². The molecule has 1 heterocycles. The van der Waals surface area contributed by atoms with Gasteiger partial charge in [0.05, 0.1) is 5.69 Å². The number of imidazole rings is 1. The molecule has 4 nitrogen and oxygen atoms in total. The smallest absolute Gasteiger partial charge is 0.203 e. The lowest BCUT2D eigenvalue weighted by molar-refractivity contribution is 0.190. The second-order valence-electron chi connectivity index (χ2n) is 6.59. The molecule has 120 valence electrons. The van der Waals surface area contributed by atoms with Crippen molar-refractivity contribution < 1.29 is 4.74 Å². The van der Waals surface area contributed by atoms with Crippen molar-refractivity contribution in [3.8, 4) is 0 Å². The van der Waals surface area contributed by atoms with Crippen molar-refractivity contribution in [1.29, 1.82) is 0 Å². The molecule has 2 rings (SSSR count). The van der Waals surface area contributed by atoms with E-state index in [0.717, 1.165) is 49.6 Å². The summed E-state index contributed by atoms with van der Waals surface area (Å²) >= 11 is 0. The minimum Gasteiger partial charge on any atom is -0.385 e. The van der Waals surface area contributed by atoms with Crippen LogP contribution in [-0.2, 0) is 11.3 Å². The second kappa shape index (κ2) is 8.42. The van der Waals surface area contributed by atoms with Gasteiger partial charge in [-0.2, -0.15) is 0 Å². The van der Waals surface area contributed by atoms with Crippen LogP contribution in [0.1, 0.15) is 51.1 Å². The van der Waals surface area contributed by atoms with Gasteiger partial charge in [0.15, 0.2) is 0 Å². The van der Waals surface area contributed by atoms with Gasteiger partial charge in [-0.25, -0.2) is 4.98 Å². The van der Waals surface area contributed by atoms with Crippen molar-refractivity contribution in [2.75, 3.05) is 25.6 Å². The van der Waals surface area contributed by atoms with Crippen LogP contribution in [0.25, 0.3) is 0 Å². The molecule has 0 radical (unpaired) electrons. The SMILES string of the molecule is COCCCn1cc(C)nc1NCCC1CCC(C)CC1. The number of nitrogens with zero attached hydrogens (tertiary/aromatic N) is 2. The fourth-order valence-corrected chi connectivity index (χ4v) is 3.24. The summed E-state index contributed by atoms with van der Waals surface area (Å²) in [5, 5.41) is 3.53. The van der Waals surface area contributed by atoms with Gasteiger partial charge in [-0.15, -0.1) is 0 Å². The van der Waals surface area contributed by atoms with E-state index in [0.29, 0.717) is 0 Å². The molecular formula is C17H31N3O. The zero-order valence-electron chi connectivity index (χ0n) is 13.9. The molecule has 1 N–H and O–H groups in total. The molecule has 0 aliphatic heterocycles. The van der Waals surface area contributed by atoms with Crippen LogP contribution < -0.4 is 5.32 Å². The van der Waals surface area contributed by atoms with Crippen molar-refractivity contribution in [1.82, 2.24) is 9.55 Å². The Morgan fingerprint density at radius 1 is 1.33 bits per heavy atom. The first-order valence-electron chi connectivity index (χ1n) is 8.45. The Bertz CT molecular complexity index is 408. The fraction of sp³-hybridized carbons (Fsp3) is 0.824. The number of ether oxygens (including phenoxy) is 1. The lowest BCUT2D eigenvalue weighted by Gasteiger charge is -2.26. The normalized spacial score (nSPS) is 22.4. The van der Waals surface area contributed by atoms with E-state index < -0.39 is 0 Å². The summed E-state index contributed by atoms with van der Waals surface area (Å²) in [4.78, 5) is 4.60. The maximum absolute atomic E-state index is 5.13. The zero-order valence-corrected chi connectivity index (χ0v) is 13.9. The maximum atomic E-state index is 5.13. The van der Waals surface area contributed by atoms with Crippen LogP contribution in [0.4, 0.5) is 5.95 Å². The van der Waals surface area contributed by atoms with E-state index in [1.165, 1.54) is 32.1 Å². The number of aromatic nitrogens is 2. The largest absolute Gasteiger partial charge is 0.385 e. The Morgan fingerprint density at radius 2 is 2.10 bits per heavy atom. The van der Waals surface area contributed by atoms with Crippen molar-refractivity contribution >= 4 is 5.95 Å². The van der Waals surface area contributed by atoms with Gasteiger partial charge in [-0.05, 0) is 31.6 Å². The van der Waals surface area contributed by atoms with Gasteiger partial charge in [0.2, 0.25) is 5.95 Å². The van der Waals surface area contributed by atoms with E-state index >= 15 is 0 Å². The first-order chi connectivity index (χ1) is 10.2. The van der Waals surface area contributed by atoms with Gasteiger partial charge >= 0.3 is 0 Å². The molecule has 0 unspecified atom stereocenters. The molecule has 21 heavy (non-hydrogen) atoms. The van der Waals surface area contributed by atoms with E-state index in [2.05, 4.69) is 34.9 Å². The van der Waals surface area contributed by atoms with Gasteiger partial charge in [0.1, 0.15) is 0 Å². The van der Waals surface area contributed by atoms with Crippen LogP contribution in [0.3, 0.4) is 0 Å². The van der Waals surface area contributed by atoms with Crippen LogP contribution in [0.2, 0.25) is 0 Å². The van der Waals surface area contributed by atoms with E-state index in [9.17, 15) is 0 Å². The zero-order chi connectivity index (χ0) is 15.1. The average molecular weight is 293 g/mol. The third-order valence-electron chi connectivity index (χ3n) is 4.62. The summed E-state index contributed by atoms with van der Waals surface area (Å²) in [6.07, 6.45) is 10.1. The Labute approximate surface area is 129 Å². The predicted octanol–water partition coefficient (Wildman–Crippen LogP) is 3.86. The predicted molar refractivity (Wildman–Crippen MR) is 87.7 cm³/mol. The number of hydrogen-bond donors (Lipinski definition) is 1. The molecule has 0 atom stereocenters. The summed E-state index contributed by atoms with van der Waals surface area (Å²) in [5.74, 6) is 2.87. The summed E-state index contributed by atoms with van der Waals surface area (Å²) in [7, 11) is 1.75. The van der Waals surface area contributed by atoms with Gasteiger partial charge in [0, 0.05) is 33.0 Å². The Kier molecular flexibility index (Phi) is 6.55. The molecule has 1 aliphatic carbocycles. The van der Waals surface area contributed by atoms with Crippen molar-refractivity contribution in [2.24, 2.45) is 11.8 Å². The highest BCUT2D eigenvalue weighted by Gasteiger charge is 2.17. The van der Waals surface area contributed by atoms with Crippen LogP contribution in [0.15, 0.2) is 6.20 Å². The van der Waals surface area contributed by atoms with Gasteiger partial charge in [-0.1, -0.05) is 32.6 Å². The molecule has 1 aliphatic rings. The molecular weight excluding hydrogens is 262 g/mol. The summed E-state index contributed by atoms with van der Waals surface area (Å²) in [5.41, 5.74) is 1.08. The highest BCUT2D eigenvalue weighted by atomic mass is 16.5. The highest BCUT2D eigenvalue weighted by molar-refractivity contribution is 5.28. The van der Waals surface area contributed by atoms with Crippen LogP contribution >= 0.6 is 0 Å². The molecule has 4 heteroatoms. The first kappa shape index (κ1) is 16.3. The minimum atomic E-state index is 0.803.